The SMILES string of the molecule is FC(F)(F)c1ccccc1/C=N\n1c(CCc2ccccc2)n[nH]c1=S. The molecule has 8 heteroatoms. The minimum atomic E-state index is -4.45. The Morgan fingerprint density at radius 3 is 2.46 bits per heavy atom. The Kier molecular flexibility index (Phi) is 5.32. The zero-order chi connectivity index (χ0) is 18.6. The maximum absolute atomic E-state index is 13.1. The molecule has 4 nitrogen and oxygen atoms in total. The molecule has 26 heavy (non-hydrogen) atoms. The maximum Gasteiger partial charge on any atom is 0.417 e. The molecule has 0 aliphatic carbocycles. The van der Waals surface area contributed by atoms with Gasteiger partial charge < -0.3 is 0 Å². The minimum Gasteiger partial charge on any atom is -0.250 e. The van der Waals surface area contributed by atoms with Gasteiger partial charge in [-0.05, 0) is 30.3 Å². The average Bonchev–Trinajstić information content (AvgIpc) is 2.98. The van der Waals surface area contributed by atoms with Crippen LogP contribution in [0.3, 0.4) is 0 Å². The lowest BCUT2D eigenvalue weighted by atomic mass is 10.1. The first-order valence-electron chi connectivity index (χ1n) is 7.86. The zero-order valence-electron chi connectivity index (χ0n) is 13.6. The van der Waals surface area contributed by atoms with Crippen molar-refractivity contribution < 1.29 is 13.2 Å². The Labute approximate surface area is 153 Å². The van der Waals surface area contributed by atoms with E-state index in [1.165, 1.54) is 22.9 Å². The van der Waals surface area contributed by atoms with Crippen molar-refractivity contribution >= 4 is 18.4 Å². The second-order valence-electron chi connectivity index (χ2n) is 5.57. The summed E-state index contributed by atoms with van der Waals surface area (Å²) in [6.07, 6.45) is -2.03. The smallest absolute Gasteiger partial charge is 0.250 e. The van der Waals surface area contributed by atoms with E-state index in [1.807, 2.05) is 30.3 Å². The molecule has 1 aromatic heterocycles. The molecule has 1 N–H and O–H groups in total. The molecule has 0 unspecified atom stereocenters. The van der Waals surface area contributed by atoms with E-state index in [1.54, 1.807) is 0 Å². The molecular weight excluding hydrogens is 361 g/mol. The van der Waals surface area contributed by atoms with Crippen LogP contribution in [0.25, 0.3) is 0 Å². The molecule has 0 bridgehead atoms. The second kappa shape index (κ2) is 7.65. The first-order valence-corrected chi connectivity index (χ1v) is 8.27. The molecule has 0 saturated carbocycles. The van der Waals surface area contributed by atoms with Crippen LogP contribution in [0.2, 0.25) is 0 Å². The van der Waals surface area contributed by atoms with Gasteiger partial charge in [-0.15, -0.1) is 0 Å². The normalized spacial score (nSPS) is 12.0. The molecule has 0 atom stereocenters. The standard InChI is InChI=1S/C18H15F3N4S/c19-18(20,21)15-9-5-4-8-14(15)12-22-25-16(23-24-17(25)26)11-10-13-6-2-1-3-7-13/h1-9,12H,10-11H2,(H,24,26)/b22-12-. The fourth-order valence-electron chi connectivity index (χ4n) is 2.49. The molecule has 0 spiro atoms. The van der Waals surface area contributed by atoms with Crippen LogP contribution >= 0.6 is 12.2 Å². The van der Waals surface area contributed by atoms with Gasteiger partial charge in [0.15, 0.2) is 5.82 Å². The molecule has 3 rings (SSSR count). The van der Waals surface area contributed by atoms with E-state index in [-0.39, 0.29) is 10.3 Å². The van der Waals surface area contributed by atoms with Crippen molar-refractivity contribution in [3.05, 3.63) is 81.9 Å². The van der Waals surface area contributed by atoms with Gasteiger partial charge in [-0.25, -0.2) is 0 Å². The van der Waals surface area contributed by atoms with E-state index >= 15 is 0 Å². The van der Waals surface area contributed by atoms with Gasteiger partial charge in [0.2, 0.25) is 4.77 Å². The van der Waals surface area contributed by atoms with Gasteiger partial charge in [0.05, 0.1) is 11.8 Å². The molecule has 0 amide bonds. The summed E-state index contributed by atoms with van der Waals surface area (Å²) in [6.45, 7) is 0. The van der Waals surface area contributed by atoms with E-state index in [2.05, 4.69) is 15.3 Å². The van der Waals surface area contributed by atoms with E-state index in [4.69, 9.17) is 12.2 Å². The van der Waals surface area contributed by atoms with Crippen LogP contribution in [0.4, 0.5) is 13.2 Å². The first-order chi connectivity index (χ1) is 12.4. The second-order valence-corrected chi connectivity index (χ2v) is 5.96. The van der Waals surface area contributed by atoms with Crippen molar-refractivity contribution in [1.29, 1.82) is 0 Å². The van der Waals surface area contributed by atoms with E-state index in [9.17, 15) is 13.2 Å². The van der Waals surface area contributed by atoms with Crippen LogP contribution in [-0.4, -0.2) is 21.1 Å². The van der Waals surface area contributed by atoms with Crippen molar-refractivity contribution in [1.82, 2.24) is 14.9 Å². The molecule has 0 aliphatic rings. The summed E-state index contributed by atoms with van der Waals surface area (Å²) in [4.78, 5) is 0. The molecule has 1 heterocycles. The van der Waals surface area contributed by atoms with Crippen LogP contribution in [0.15, 0.2) is 59.7 Å². The Balaban J connectivity index is 1.84. The number of rotatable bonds is 5. The van der Waals surface area contributed by atoms with Crippen LogP contribution in [-0.2, 0) is 19.0 Å². The van der Waals surface area contributed by atoms with Crippen LogP contribution < -0.4 is 0 Å². The van der Waals surface area contributed by atoms with Gasteiger partial charge in [0, 0.05) is 12.0 Å². The fraction of sp³-hybridized carbons (Fsp3) is 0.167. The van der Waals surface area contributed by atoms with Crippen molar-refractivity contribution in [2.24, 2.45) is 5.10 Å². The number of aryl methyl sites for hydroxylation is 2. The average molecular weight is 376 g/mol. The Morgan fingerprint density at radius 1 is 1.04 bits per heavy atom. The van der Waals surface area contributed by atoms with E-state index < -0.39 is 11.7 Å². The summed E-state index contributed by atoms with van der Waals surface area (Å²) >= 11 is 5.13. The lowest BCUT2D eigenvalue weighted by molar-refractivity contribution is -0.137. The van der Waals surface area contributed by atoms with Crippen LogP contribution in [0.5, 0.6) is 0 Å². The van der Waals surface area contributed by atoms with Crippen molar-refractivity contribution in [3.8, 4) is 0 Å². The highest BCUT2D eigenvalue weighted by Crippen LogP contribution is 2.31. The van der Waals surface area contributed by atoms with Crippen molar-refractivity contribution in [3.63, 3.8) is 0 Å². The van der Waals surface area contributed by atoms with E-state index in [0.29, 0.717) is 12.2 Å². The highest BCUT2D eigenvalue weighted by Gasteiger charge is 2.32. The minimum absolute atomic E-state index is 0.0305. The summed E-state index contributed by atoms with van der Waals surface area (Å²) in [6, 6.07) is 15.1. The Morgan fingerprint density at radius 2 is 1.73 bits per heavy atom. The largest absolute Gasteiger partial charge is 0.417 e. The quantitative estimate of drug-likeness (QED) is 0.521. The fourth-order valence-corrected chi connectivity index (χ4v) is 2.69. The summed E-state index contributed by atoms with van der Waals surface area (Å²) < 4.78 is 40.8. The highest BCUT2D eigenvalue weighted by molar-refractivity contribution is 7.71. The molecule has 2 aromatic carbocycles. The first kappa shape index (κ1) is 18.1. The van der Waals surface area contributed by atoms with Gasteiger partial charge in [-0.3, -0.25) is 5.10 Å². The monoisotopic (exact) mass is 376 g/mol. The topological polar surface area (TPSA) is 46.0 Å². The Hall–Kier alpha value is -2.74. The predicted molar refractivity (Wildman–Crippen MR) is 95.7 cm³/mol. The number of alkyl halides is 3. The summed E-state index contributed by atoms with van der Waals surface area (Å²) in [5, 5.41) is 10.9. The number of hydrogen-bond acceptors (Lipinski definition) is 3. The van der Waals surface area contributed by atoms with Gasteiger partial charge in [-0.1, -0.05) is 48.5 Å². The number of hydrogen-bond donors (Lipinski definition) is 1. The number of H-pyrrole nitrogens is 1. The third kappa shape index (κ3) is 4.26. The summed E-state index contributed by atoms with van der Waals surface area (Å²) in [5.41, 5.74) is 0.348. The summed E-state index contributed by atoms with van der Waals surface area (Å²) in [7, 11) is 0. The van der Waals surface area contributed by atoms with Gasteiger partial charge in [0.25, 0.3) is 0 Å². The van der Waals surface area contributed by atoms with Gasteiger partial charge in [-0.2, -0.15) is 28.0 Å². The van der Waals surface area contributed by atoms with Crippen molar-refractivity contribution in [2.45, 2.75) is 19.0 Å². The van der Waals surface area contributed by atoms with Crippen LogP contribution in [0, 0.1) is 4.77 Å². The lowest BCUT2D eigenvalue weighted by Crippen LogP contribution is -2.09. The molecular formula is C18H15F3N4S. The number of nitrogens with one attached hydrogen (secondary N) is 1. The number of benzene rings is 2. The molecule has 0 radical (unpaired) electrons. The third-order valence-electron chi connectivity index (χ3n) is 3.78. The molecule has 0 fully saturated rings. The predicted octanol–water partition coefficient (Wildman–Crippen LogP) is 4.63. The van der Waals surface area contributed by atoms with Crippen molar-refractivity contribution in [2.75, 3.05) is 0 Å². The lowest BCUT2D eigenvalue weighted by Gasteiger charge is -2.09. The van der Waals surface area contributed by atoms with E-state index in [0.717, 1.165) is 24.3 Å². The molecule has 134 valence electrons. The van der Waals surface area contributed by atoms with Crippen LogP contribution in [0.1, 0.15) is 22.5 Å². The number of nitrogens with zero attached hydrogens (tertiary/aromatic N) is 3. The van der Waals surface area contributed by atoms with Gasteiger partial charge >= 0.3 is 6.18 Å². The number of aromatic nitrogens is 3. The molecule has 0 saturated heterocycles. The number of aromatic amines is 1. The van der Waals surface area contributed by atoms with Gasteiger partial charge in [0.1, 0.15) is 0 Å². The maximum atomic E-state index is 13.1. The third-order valence-corrected chi connectivity index (χ3v) is 4.04. The molecule has 0 aliphatic heterocycles. The Bertz CT molecular complexity index is 958. The summed E-state index contributed by atoms with van der Waals surface area (Å²) in [5.74, 6) is 0.555. The zero-order valence-corrected chi connectivity index (χ0v) is 14.4. The number of halogens is 3. The highest BCUT2D eigenvalue weighted by atomic mass is 32.1. The molecule has 3 aromatic rings.